The summed E-state index contributed by atoms with van der Waals surface area (Å²) >= 11 is 0. The summed E-state index contributed by atoms with van der Waals surface area (Å²) in [5.74, 6) is 0.415. The van der Waals surface area contributed by atoms with Crippen LogP contribution >= 0.6 is 0 Å². The first kappa shape index (κ1) is 17.7. The van der Waals surface area contributed by atoms with Gasteiger partial charge >= 0.3 is 0 Å². The van der Waals surface area contributed by atoms with Gasteiger partial charge in [0.15, 0.2) is 11.9 Å². The Balaban J connectivity index is 2.09. The number of aryl methyl sites for hydroxylation is 2. The maximum atomic E-state index is 12.5. The van der Waals surface area contributed by atoms with Gasteiger partial charge < -0.3 is 10.1 Å². The minimum absolute atomic E-state index is 0.0375. The van der Waals surface area contributed by atoms with Crippen LogP contribution in [0.15, 0.2) is 42.5 Å². The summed E-state index contributed by atoms with van der Waals surface area (Å²) in [7, 11) is 0. The van der Waals surface area contributed by atoms with Crippen LogP contribution in [-0.4, -0.2) is 17.8 Å². The van der Waals surface area contributed by atoms with Gasteiger partial charge in [0.05, 0.1) is 0 Å². The molecule has 0 heterocycles. The van der Waals surface area contributed by atoms with Crippen molar-refractivity contribution in [1.82, 2.24) is 0 Å². The third-order valence-electron chi connectivity index (χ3n) is 3.96. The Kier molecular flexibility index (Phi) is 5.74. The second-order valence-electron chi connectivity index (χ2n) is 5.89. The highest BCUT2D eigenvalue weighted by molar-refractivity contribution is 5.98. The number of hydrogen-bond donors (Lipinski definition) is 1. The summed E-state index contributed by atoms with van der Waals surface area (Å²) in [4.78, 5) is 23.9. The maximum absolute atomic E-state index is 12.5. The van der Waals surface area contributed by atoms with Crippen molar-refractivity contribution in [2.75, 3.05) is 5.32 Å². The molecule has 0 aromatic heterocycles. The molecular formula is C20H23NO3. The summed E-state index contributed by atoms with van der Waals surface area (Å²) in [5.41, 5.74) is 3.46. The van der Waals surface area contributed by atoms with Crippen LogP contribution in [0.1, 0.15) is 41.8 Å². The average molecular weight is 325 g/mol. The van der Waals surface area contributed by atoms with E-state index < -0.39 is 6.10 Å². The van der Waals surface area contributed by atoms with E-state index in [1.165, 1.54) is 12.5 Å². The van der Waals surface area contributed by atoms with Gasteiger partial charge in [-0.2, -0.15) is 0 Å². The van der Waals surface area contributed by atoms with E-state index >= 15 is 0 Å². The Labute approximate surface area is 142 Å². The molecule has 1 amide bonds. The Bertz CT molecular complexity index is 752. The molecule has 24 heavy (non-hydrogen) atoms. The largest absolute Gasteiger partial charge is 0.481 e. The van der Waals surface area contributed by atoms with Crippen molar-refractivity contribution in [3.05, 3.63) is 59.2 Å². The van der Waals surface area contributed by atoms with E-state index in [0.29, 0.717) is 23.4 Å². The van der Waals surface area contributed by atoms with Crippen molar-refractivity contribution in [2.45, 2.75) is 40.2 Å². The number of benzene rings is 2. The molecule has 0 spiro atoms. The van der Waals surface area contributed by atoms with Gasteiger partial charge in [-0.1, -0.05) is 25.1 Å². The third-order valence-corrected chi connectivity index (χ3v) is 3.96. The highest BCUT2D eigenvalue weighted by atomic mass is 16.5. The highest BCUT2D eigenvalue weighted by Crippen LogP contribution is 2.19. The van der Waals surface area contributed by atoms with E-state index in [1.54, 1.807) is 24.3 Å². The Morgan fingerprint density at radius 2 is 1.83 bits per heavy atom. The second-order valence-corrected chi connectivity index (χ2v) is 5.89. The molecule has 1 N–H and O–H groups in total. The molecule has 0 bridgehead atoms. The van der Waals surface area contributed by atoms with Gasteiger partial charge in [0.2, 0.25) is 0 Å². The van der Waals surface area contributed by atoms with Crippen LogP contribution in [0.2, 0.25) is 0 Å². The van der Waals surface area contributed by atoms with Crippen LogP contribution in [0.4, 0.5) is 5.69 Å². The quantitative estimate of drug-likeness (QED) is 0.806. The predicted molar refractivity (Wildman–Crippen MR) is 95.7 cm³/mol. The lowest BCUT2D eigenvalue weighted by Crippen LogP contribution is -2.32. The zero-order valence-electron chi connectivity index (χ0n) is 14.6. The molecule has 1 atom stereocenters. The van der Waals surface area contributed by atoms with Crippen LogP contribution < -0.4 is 10.1 Å². The maximum Gasteiger partial charge on any atom is 0.265 e. The molecule has 126 valence electrons. The summed E-state index contributed by atoms with van der Waals surface area (Å²) in [6.07, 6.45) is -0.0429. The first-order valence-electron chi connectivity index (χ1n) is 8.06. The standard InChI is InChI=1S/C20H23NO3/c1-5-19(24-18-10-9-13(2)14(3)11-18)20(23)21-17-8-6-7-16(12-17)15(4)22/h6-12,19H,5H2,1-4H3,(H,21,23)/t19-/m0/s1. The molecule has 0 fully saturated rings. The molecule has 2 rings (SSSR count). The third kappa shape index (κ3) is 4.44. The van der Waals surface area contributed by atoms with Gasteiger partial charge in [0, 0.05) is 11.3 Å². The topological polar surface area (TPSA) is 55.4 Å². The van der Waals surface area contributed by atoms with Crippen molar-refractivity contribution < 1.29 is 14.3 Å². The second kappa shape index (κ2) is 7.77. The fourth-order valence-electron chi connectivity index (χ4n) is 2.31. The van der Waals surface area contributed by atoms with Crippen LogP contribution in [0.3, 0.4) is 0 Å². The van der Waals surface area contributed by atoms with E-state index in [9.17, 15) is 9.59 Å². The predicted octanol–water partition coefficient (Wildman–Crippen LogP) is 4.30. The van der Waals surface area contributed by atoms with Crippen LogP contribution in [0.5, 0.6) is 5.75 Å². The van der Waals surface area contributed by atoms with Gasteiger partial charge in [-0.25, -0.2) is 0 Å². The molecule has 4 nitrogen and oxygen atoms in total. The number of amides is 1. The van der Waals surface area contributed by atoms with Gasteiger partial charge in [0.25, 0.3) is 5.91 Å². The number of carbonyl (C=O) groups excluding carboxylic acids is 2. The van der Waals surface area contributed by atoms with Gasteiger partial charge in [-0.15, -0.1) is 0 Å². The summed E-state index contributed by atoms with van der Waals surface area (Å²) < 4.78 is 5.83. The molecular weight excluding hydrogens is 302 g/mol. The number of anilines is 1. The Morgan fingerprint density at radius 3 is 2.46 bits per heavy atom. The summed E-state index contributed by atoms with van der Waals surface area (Å²) in [5, 5.41) is 2.82. The van der Waals surface area contributed by atoms with Crippen molar-refractivity contribution in [1.29, 1.82) is 0 Å². The SMILES string of the molecule is CC[C@H](Oc1ccc(C)c(C)c1)C(=O)Nc1cccc(C(C)=O)c1. The van der Waals surface area contributed by atoms with E-state index in [-0.39, 0.29) is 11.7 Å². The Morgan fingerprint density at radius 1 is 1.08 bits per heavy atom. The minimum atomic E-state index is -0.590. The fraction of sp³-hybridized carbons (Fsp3) is 0.300. The number of carbonyl (C=O) groups is 2. The molecule has 0 saturated carbocycles. The van der Waals surface area contributed by atoms with E-state index in [2.05, 4.69) is 5.32 Å². The Hall–Kier alpha value is -2.62. The van der Waals surface area contributed by atoms with Crippen LogP contribution in [0, 0.1) is 13.8 Å². The lowest BCUT2D eigenvalue weighted by Gasteiger charge is -2.18. The molecule has 0 saturated heterocycles. The first-order valence-corrected chi connectivity index (χ1v) is 8.06. The normalized spacial score (nSPS) is 11.7. The molecule has 0 aliphatic rings. The molecule has 4 heteroatoms. The average Bonchev–Trinajstić information content (AvgIpc) is 2.55. The van der Waals surface area contributed by atoms with E-state index in [4.69, 9.17) is 4.74 Å². The number of rotatable bonds is 6. The number of Topliss-reactive ketones (excluding diaryl/α,β-unsaturated/α-hetero) is 1. The van der Waals surface area contributed by atoms with Gasteiger partial charge in [-0.3, -0.25) is 9.59 Å². The molecule has 0 radical (unpaired) electrons. The van der Waals surface area contributed by atoms with Crippen molar-refractivity contribution >= 4 is 17.4 Å². The smallest absolute Gasteiger partial charge is 0.265 e. The van der Waals surface area contributed by atoms with Crippen LogP contribution in [-0.2, 0) is 4.79 Å². The molecule has 2 aromatic rings. The van der Waals surface area contributed by atoms with E-state index in [1.807, 2.05) is 39.0 Å². The molecule has 2 aromatic carbocycles. The van der Waals surface area contributed by atoms with Crippen LogP contribution in [0.25, 0.3) is 0 Å². The first-order chi connectivity index (χ1) is 11.4. The molecule has 0 aliphatic carbocycles. The lowest BCUT2D eigenvalue weighted by molar-refractivity contribution is -0.122. The summed E-state index contributed by atoms with van der Waals surface area (Å²) in [6.45, 7) is 7.44. The number of hydrogen-bond acceptors (Lipinski definition) is 3. The van der Waals surface area contributed by atoms with Crippen molar-refractivity contribution in [3.8, 4) is 5.75 Å². The molecule has 0 unspecified atom stereocenters. The zero-order valence-corrected chi connectivity index (χ0v) is 14.6. The number of ketones is 1. The number of nitrogens with one attached hydrogen (secondary N) is 1. The van der Waals surface area contributed by atoms with Gasteiger partial charge in [-0.05, 0) is 62.6 Å². The lowest BCUT2D eigenvalue weighted by atomic mass is 10.1. The highest BCUT2D eigenvalue weighted by Gasteiger charge is 2.19. The van der Waals surface area contributed by atoms with Gasteiger partial charge in [0.1, 0.15) is 5.75 Å². The van der Waals surface area contributed by atoms with Crippen molar-refractivity contribution in [2.24, 2.45) is 0 Å². The van der Waals surface area contributed by atoms with E-state index in [0.717, 1.165) is 5.56 Å². The summed E-state index contributed by atoms with van der Waals surface area (Å²) in [6, 6.07) is 12.7. The minimum Gasteiger partial charge on any atom is -0.481 e. The zero-order chi connectivity index (χ0) is 17.7. The monoisotopic (exact) mass is 325 g/mol. The molecule has 0 aliphatic heterocycles. The fourth-order valence-corrected chi connectivity index (χ4v) is 2.31. The number of ether oxygens (including phenoxy) is 1. The van der Waals surface area contributed by atoms with Crippen molar-refractivity contribution in [3.63, 3.8) is 0 Å².